The summed E-state index contributed by atoms with van der Waals surface area (Å²) in [4.78, 5) is 16.4. The van der Waals surface area contributed by atoms with Gasteiger partial charge in [-0.3, -0.25) is 5.32 Å². The van der Waals surface area contributed by atoms with Gasteiger partial charge in [-0.2, -0.15) is 0 Å². The molecule has 4 rings (SSSR count). The van der Waals surface area contributed by atoms with Gasteiger partial charge >= 0.3 is 6.03 Å². The lowest BCUT2D eigenvalue weighted by Gasteiger charge is -2.35. The molecule has 2 aromatic heterocycles. The second kappa shape index (κ2) is 8.21. The normalized spacial score (nSPS) is 14.2. The van der Waals surface area contributed by atoms with Crippen molar-refractivity contribution in [1.82, 2.24) is 15.1 Å². The van der Waals surface area contributed by atoms with E-state index in [1.807, 2.05) is 34.5 Å². The smallest absolute Gasteiger partial charge is 0.322 e. The van der Waals surface area contributed by atoms with Gasteiger partial charge in [0.05, 0.1) is 10.7 Å². The van der Waals surface area contributed by atoms with Gasteiger partial charge in [-0.15, -0.1) is 21.5 Å². The Bertz CT molecular complexity index is 993. The third-order valence-corrected chi connectivity index (χ3v) is 6.19. The Balaban J connectivity index is 1.39. The van der Waals surface area contributed by atoms with E-state index in [1.165, 1.54) is 28.0 Å². The number of hydrogen-bond acceptors (Lipinski definition) is 5. The molecule has 1 saturated heterocycles. The summed E-state index contributed by atoms with van der Waals surface area (Å²) < 4.78 is 0. The monoisotopic (exact) mass is 407 g/mol. The van der Waals surface area contributed by atoms with E-state index >= 15 is 0 Å². The van der Waals surface area contributed by atoms with E-state index in [9.17, 15) is 4.79 Å². The molecular formula is C22H25N5OS. The average Bonchev–Trinajstić information content (AvgIpc) is 3.24. The fourth-order valence-electron chi connectivity index (χ4n) is 3.55. The van der Waals surface area contributed by atoms with Gasteiger partial charge in [0.25, 0.3) is 0 Å². The molecule has 3 heterocycles. The van der Waals surface area contributed by atoms with Crippen molar-refractivity contribution in [2.24, 2.45) is 0 Å². The predicted molar refractivity (Wildman–Crippen MR) is 119 cm³/mol. The number of aromatic nitrogens is 2. The molecule has 6 nitrogen and oxygen atoms in total. The number of rotatable bonds is 3. The van der Waals surface area contributed by atoms with Crippen molar-refractivity contribution in [2.75, 3.05) is 36.4 Å². The summed E-state index contributed by atoms with van der Waals surface area (Å²) in [6.07, 6.45) is 0. The molecule has 1 aromatic carbocycles. The van der Waals surface area contributed by atoms with E-state index in [2.05, 4.69) is 53.3 Å². The molecule has 0 radical (unpaired) electrons. The molecule has 0 aliphatic carbocycles. The molecule has 0 saturated carbocycles. The minimum absolute atomic E-state index is 0.0428. The summed E-state index contributed by atoms with van der Waals surface area (Å²) in [5.74, 6) is 0.855. The minimum Gasteiger partial charge on any atom is -0.352 e. The molecular weight excluding hydrogens is 382 g/mol. The number of amides is 2. The van der Waals surface area contributed by atoms with E-state index < -0.39 is 0 Å². The van der Waals surface area contributed by atoms with Crippen LogP contribution in [0.25, 0.3) is 11.3 Å². The summed E-state index contributed by atoms with van der Waals surface area (Å²) in [5, 5.41) is 14.7. The summed E-state index contributed by atoms with van der Waals surface area (Å²) in [7, 11) is 0. The van der Waals surface area contributed by atoms with Gasteiger partial charge in [-0.1, -0.05) is 6.07 Å². The van der Waals surface area contributed by atoms with Gasteiger partial charge in [-0.05, 0) is 73.2 Å². The number of piperazine rings is 1. The molecule has 0 atom stereocenters. The van der Waals surface area contributed by atoms with Gasteiger partial charge in [0.1, 0.15) is 0 Å². The molecule has 1 N–H and O–H groups in total. The zero-order chi connectivity index (χ0) is 20.4. The first-order chi connectivity index (χ1) is 14.0. The first-order valence-electron chi connectivity index (χ1n) is 9.77. The van der Waals surface area contributed by atoms with Crippen LogP contribution >= 0.6 is 11.3 Å². The maximum Gasteiger partial charge on any atom is 0.322 e. The lowest BCUT2D eigenvalue weighted by atomic mass is 9.99. The van der Waals surface area contributed by atoms with Crippen LogP contribution in [0.1, 0.15) is 16.7 Å². The van der Waals surface area contributed by atoms with Crippen molar-refractivity contribution >= 4 is 28.2 Å². The van der Waals surface area contributed by atoms with Crippen LogP contribution in [0.15, 0.2) is 41.8 Å². The fraction of sp³-hybridized carbons (Fsp3) is 0.318. The van der Waals surface area contributed by atoms with Crippen LogP contribution in [0.3, 0.4) is 0 Å². The first-order valence-corrected chi connectivity index (χ1v) is 10.7. The SMILES string of the molecule is Cc1cc(C)c(-c2ccc(N3CCN(C(=O)Nc4cccs4)CC3)nn2)cc1C. The molecule has 2 amide bonds. The van der Waals surface area contributed by atoms with Gasteiger partial charge in [0.15, 0.2) is 5.82 Å². The molecule has 7 heteroatoms. The Morgan fingerprint density at radius 2 is 1.72 bits per heavy atom. The van der Waals surface area contributed by atoms with Crippen LogP contribution in [0.2, 0.25) is 0 Å². The lowest BCUT2D eigenvalue weighted by molar-refractivity contribution is 0.208. The zero-order valence-electron chi connectivity index (χ0n) is 17.0. The number of nitrogens with one attached hydrogen (secondary N) is 1. The molecule has 29 heavy (non-hydrogen) atoms. The average molecular weight is 408 g/mol. The minimum atomic E-state index is -0.0428. The highest BCUT2D eigenvalue weighted by atomic mass is 32.1. The van der Waals surface area contributed by atoms with Crippen LogP contribution in [0.5, 0.6) is 0 Å². The Morgan fingerprint density at radius 3 is 2.38 bits per heavy atom. The van der Waals surface area contributed by atoms with E-state index in [1.54, 1.807) is 0 Å². The molecule has 1 fully saturated rings. The summed E-state index contributed by atoms with van der Waals surface area (Å²) in [6.45, 7) is 9.17. The quantitative estimate of drug-likeness (QED) is 0.695. The topological polar surface area (TPSA) is 61.4 Å². The molecule has 150 valence electrons. The number of urea groups is 1. The zero-order valence-corrected chi connectivity index (χ0v) is 17.8. The van der Waals surface area contributed by atoms with Crippen molar-refractivity contribution in [1.29, 1.82) is 0 Å². The van der Waals surface area contributed by atoms with Gasteiger partial charge in [0.2, 0.25) is 0 Å². The van der Waals surface area contributed by atoms with Crippen molar-refractivity contribution in [2.45, 2.75) is 20.8 Å². The third-order valence-electron chi connectivity index (χ3n) is 5.41. The Hall–Kier alpha value is -2.93. The highest BCUT2D eigenvalue weighted by molar-refractivity contribution is 7.14. The fourth-order valence-corrected chi connectivity index (χ4v) is 4.15. The van der Waals surface area contributed by atoms with E-state index in [4.69, 9.17) is 0 Å². The van der Waals surface area contributed by atoms with Crippen molar-refractivity contribution in [3.05, 3.63) is 58.5 Å². The second-order valence-electron chi connectivity index (χ2n) is 7.41. The number of thiophene rings is 1. The molecule has 0 bridgehead atoms. The number of anilines is 2. The predicted octanol–water partition coefficient (Wildman–Crippen LogP) is 4.48. The van der Waals surface area contributed by atoms with E-state index in [0.717, 1.165) is 35.2 Å². The summed E-state index contributed by atoms with van der Waals surface area (Å²) >= 11 is 1.53. The number of hydrogen-bond donors (Lipinski definition) is 1. The van der Waals surface area contributed by atoms with Crippen LogP contribution in [0.4, 0.5) is 15.6 Å². The van der Waals surface area contributed by atoms with Crippen molar-refractivity contribution < 1.29 is 4.79 Å². The van der Waals surface area contributed by atoms with Crippen molar-refractivity contribution in [3.8, 4) is 11.3 Å². The highest BCUT2D eigenvalue weighted by Crippen LogP contribution is 2.26. The molecule has 3 aromatic rings. The standard InChI is InChI=1S/C22H25N5OS/c1-15-13-17(3)18(14-16(15)2)19-6-7-20(25-24-19)26-8-10-27(11-9-26)22(28)23-21-5-4-12-29-21/h4-7,12-14H,8-11H2,1-3H3,(H,23,28). The van der Waals surface area contributed by atoms with Crippen molar-refractivity contribution in [3.63, 3.8) is 0 Å². The summed E-state index contributed by atoms with van der Waals surface area (Å²) in [5.41, 5.74) is 5.77. The lowest BCUT2D eigenvalue weighted by Crippen LogP contribution is -2.50. The van der Waals surface area contributed by atoms with E-state index in [0.29, 0.717) is 13.1 Å². The number of carbonyl (C=O) groups excluding carboxylic acids is 1. The largest absolute Gasteiger partial charge is 0.352 e. The molecule has 1 aliphatic heterocycles. The number of carbonyl (C=O) groups is 1. The Morgan fingerprint density at radius 1 is 0.966 bits per heavy atom. The number of aryl methyl sites for hydroxylation is 3. The molecule has 0 unspecified atom stereocenters. The maximum atomic E-state index is 12.4. The van der Waals surface area contributed by atoms with E-state index in [-0.39, 0.29) is 6.03 Å². The number of nitrogens with zero attached hydrogens (tertiary/aromatic N) is 4. The summed E-state index contributed by atoms with van der Waals surface area (Å²) in [6, 6.07) is 12.2. The van der Waals surface area contributed by atoms with Crippen LogP contribution in [0, 0.1) is 20.8 Å². The van der Waals surface area contributed by atoms with Crippen LogP contribution < -0.4 is 10.2 Å². The van der Waals surface area contributed by atoms with Gasteiger partial charge in [0, 0.05) is 31.7 Å². The maximum absolute atomic E-state index is 12.4. The molecule has 0 spiro atoms. The molecule has 1 aliphatic rings. The Labute approximate surface area is 175 Å². The first kappa shape index (κ1) is 19.4. The van der Waals surface area contributed by atoms with Gasteiger partial charge < -0.3 is 9.80 Å². The highest BCUT2D eigenvalue weighted by Gasteiger charge is 2.22. The second-order valence-corrected chi connectivity index (χ2v) is 8.36. The van der Waals surface area contributed by atoms with Crippen LogP contribution in [-0.2, 0) is 0 Å². The number of benzene rings is 1. The Kier molecular flexibility index (Phi) is 5.49. The van der Waals surface area contributed by atoms with Gasteiger partial charge in [-0.25, -0.2) is 4.79 Å². The van der Waals surface area contributed by atoms with Crippen LogP contribution in [-0.4, -0.2) is 47.3 Å². The third kappa shape index (κ3) is 4.24.